The molecule has 0 aromatic heterocycles. The van der Waals surface area contributed by atoms with Crippen molar-refractivity contribution >= 4 is 17.7 Å². The highest BCUT2D eigenvalue weighted by Gasteiger charge is 2.33. The van der Waals surface area contributed by atoms with Crippen LogP contribution in [0, 0.1) is 0 Å². The zero-order valence-corrected chi connectivity index (χ0v) is 15.5. The minimum atomic E-state index is -0.930. The number of aromatic carboxylic acids is 1. The molecule has 25 heavy (non-hydrogen) atoms. The third-order valence-corrected chi connectivity index (χ3v) is 4.20. The van der Waals surface area contributed by atoms with Gasteiger partial charge in [0.25, 0.3) is 0 Å². The number of anilines is 1. The van der Waals surface area contributed by atoms with Crippen LogP contribution < -0.4 is 4.90 Å². The van der Waals surface area contributed by atoms with Crippen molar-refractivity contribution in [3.8, 4) is 0 Å². The fourth-order valence-electron chi connectivity index (χ4n) is 3.15. The summed E-state index contributed by atoms with van der Waals surface area (Å²) in [6, 6.07) is 7.13. The number of carboxylic acid groups (broad SMARTS) is 1. The highest BCUT2D eigenvalue weighted by Crippen LogP contribution is 2.27. The van der Waals surface area contributed by atoms with Gasteiger partial charge in [-0.2, -0.15) is 0 Å². The van der Waals surface area contributed by atoms with Crippen LogP contribution in [0.2, 0.25) is 0 Å². The topological polar surface area (TPSA) is 70.1 Å². The van der Waals surface area contributed by atoms with Crippen molar-refractivity contribution in [3.63, 3.8) is 0 Å². The molecule has 0 saturated carbocycles. The maximum absolute atomic E-state index is 12.4. The standard InChI is InChI=1S/C19H28N2O4/c1-5-8-14-13-20(18(24)25-19(2,3)4)11-12-21(14)16-10-7-6-9-15(16)17(22)23/h6-7,9-10,14H,5,8,11-13H2,1-4H3,(H,22,23)/t14-/m0/s1. The Morgan fingerprint density at radius 2 is 1.92 bits per heavy atom. The van der Waals surface area contributed by atoms with E-state index < -0.39 is 11.6 Å². The van der Waals surface area contributed by atoms with Crippen LogP contribution in [-0.2, 0) is 4.74 Å². The Morgan fingerprint density at radius 3 is 2.52 bits per heavy atom. The van der Waals surface area contributed by atoms with Crippen molar-refractivity contribution in [1.82, 2.24) is 4.90 Å². The summed E-state index contributed by atoms with van der Waals surface area (Å²) in [5.41, 5.74) is 0.497. The van der Waals surface area contributed by atoms with Crippen molar-refractivity contribution in [1.29, 1.82) is 0 Å². The molecule has 1 N–H and O–H groups in total. The number of rotatable bonds is 4. The normalized spacial score (nSPS) is 18.2. The molecule has 0 unspecified atom stereocenters. The van der Waals surface area contributed by atoms with Crippen molar-refractivity contribution in [3.05, 3.63) is 29.8 Å². The van der Waals surface area contributed by atoms with Gasteiger partial charge in [0.05, 0.1) is 11.3 Å². The lowest BCUT2D eigenvalue weighted by molar-refractivity contribution is 0.0211. The highest BCUT2D eigenvalue weighted by molar-refractivity contribution is 5.94. The Balaban J connectivity index is 2.20. The predicted molar refractivity (Wildman–Crippen MR) is 97.3 cm³/mol. The van der Waals surface area contributed by atoms with E-state index in [-0.39, 0.29) is 12.1 Å². The number of ether oxygens (including phenoxy) is 1. The van der Waals surface area contributed by atoms with Gasteiger partial charge in [-0.05, 0) is 39.3 Å². The van der Waals surface area contributed by atoms with E-state index in [0.717, 1.165) is 18.5 Å². The van der Waals surface area contributed by atoms with Crippen LogP contribution in [0.1, 0.15) is 50.9 Å². The van der Waals surface area contributed by atoms with Gasteiger partial charge in [0.2, 0.25) is 0 Å². The number of benzene rings is 1. The monoisotopic (exact) mass is 348 g/mol. The Kier molecular flexibility index (Phi) is 5.93. The third-order valence-electron chi connectivity index (χ3n) is 4.20. The molecule has 1 heterocycles. The van der Waals surface area contributed by atoms with Gasteiger partial charge >= 0.3 is 12.1 Å². The molecule has 1 aliphatic heterocycles. The lowest BCUT2D eigenvalue weighted by Crippen LogP contribution is -2.56. The van der Waals surface area contributed by atoms with Crippen molar-refractivity contribution < 1.29 is 19.4 Å². The molecule has 1 aromatic carbocycles. The average molecular weight is 348 g/mol. The molecule has 1 fully saturated rings. The van der Waals surface area contributed by atoms with Crippen molar-refractivity contribution in [2.24, 2.45) is 0 Å². The Morgan fingerprint density at radius 1 is 1.24 bits per heavy atom. The second kappa shape index (κ2) is 7.76. The fraction of sp³-hybridized carbons (Fsp3) is 0.579. The first-order valence-corrected chi connectivity index (χ1v) is 8.80. The Hall–Kier alpha value is -2.24. The minimum Gasteiger partial charge on any atom is -0.478 e. The maximum Gasteiger partial charge on any atom is 0.410 e. The predicted octanol–water partition coefficient (Wildman–Crippen LogP) is 3.61. The lowest BCUT2D eigenvalue weighted by atomic mass is 10.0. The molecular formula is C19H28N2O4. The summed E-state index contributed by atoms with van der Waals surface area (Å²) in [7, 11) is 0. The number of para-hydroxylation sites is 1. The average Bonchev–Trinajstić information content (AvgIpc) is 2.53. The lowest BCUT2D eigenvalue weighted by Gasteiger charge is -2.43. The molecule has 1 aromatic rings. The van der Waals surface area contributed by atoms with E-state index in [2.05, 4.69) is 11.8 Å². The summed E-state index contributed by atoms with van der Waals surface area (Å²) in [5, 5.41) is 9.47. The summed E-state index contributed by atoms with van der Waals surface area (Å²) in [6.07, 6.45) is 1.53. The summed E-state index contributed by atoms with van der Waals surface area (Å²) in [6.45, 7) is 9.30. The second-order valence-electron chi connectivity index (χ2n) is 7.38. The molecule has 6 nitrogen and oxygen atoms in total. The van der Waals surface area contributed by atoms with E-state index in [1.165, 1.54) is 0 Å². The van der Waals surface area contributed by atoms with Gasteiger partial charge in [-0.1, -0.05) is 25.5 Å². The minimum absolute atomic E-state index is 0.0757. The largest absolute Gasteiger partial charge is 0.478 e. The molecule has 0 spiro atoms. The van der Waals surface area contributed by atoms with E-state index in [1.54, 1.807) is 17.0 Å². The summed E-state index contributed by atoms with van der Waals surface area (Å²) < 4.78 is 5.48. The van der Waals surface area contributed by atoms with Crippen molar-refractivity contribution in [2.45, 2.75) is 52.2 Å². The van der Waals surface area contributed by atoms with Gasteiger partial charge in [-0.25, -0.2) is 9.59 Å². The van der Waals surface area contributed by atoms with Crippen LogP contribution in [0.25, 0.3) is 0 Å². The van der Waals surface area contributed by atoms with Gasteiger partial charge in [0, 0.05) is 25.7 Å². The number of hydrogen-bond acceptors (Lipinski definition) is 4. The first-order valence-electron chi connectivity index (χ1n) is 8.80. The Bertz CT molecular complexity index is 624. The van der Waals surface area contributed by atoms with Crippen LogP contribution in [0.15, 0.2) is 24.3 Å². The maximum atomic E-state index is 12.4. The molecule has 0 radical (unpaired) electrons. The summed E-state index contributed by atoms with van der Waals surface area (Å²) >= 11 is 0. The highest BCUT2D eigenvalue weighted by atomic mass is 16.6. The van der Waals surface area contributed by atoms with Gasteiger partial charge in [-0.15, -0.1) is 0 Å². The zero-order valence-electron chi connectivity index (χ0n) is 15.5. The molecule has 1 amide bonds. The molecule has 2 rings (SSSR count). The molecule has 6 heteroatoms. The van der Waals surface area contributed by atoms with Crippen LogP contribution in [-0.4, -0.2) is 53.3 Å². The van der Waals surface area contributed by atoms with Gasteiger partial charge in [0.15, 0.2) is 0 Å². The summed E-state index contributed by atoms with van der Waals surface area (Å²) in [5.74, 6) is -0.930. The van der Waals surface area contributed by atoms with E-state index in [1.807, 2.05) is 32.9 Å². The SMILES string of the molecule is CCC[C@H]1CN(C(=O)OC(C)(C)C)CCN1c1ccccc1C(=O)O. The second-order valence-corrected chi connectivity index (χ2v) is 7.38. The zero-order chi connectivity index (χ0) is 18.6. The molecule has 0 bridgehead atoms. The third kappa shape index (κ3) is 4.87. The first kappa shape index (κ1) is 19.1. The first-order chi connectivity index (χ1) is 11.7. The van der Waals surface area contributed by atoms with E-state index >= 15 is 0 Å². The number of carbonyl (C=O) groups excluding carboxylic acids is 1. The van der Waals surface area contributed by atoms with Crippen LogP contribution >= 0.6 is 0 Å². The molecular weight excluding hydrogens is 320 g/mol. The number of hydrogen-bond donors (Lipinski definition) is 1. The number of piperazine rings is 1. The molecule has 1 aliphatic rings. The van der Waals surface area contributed by atoms with Gasteiger partial charge in [-0.3, -0.25) is 0 Å². The molecule has 0 aliphatic carbocycles. The van der Waals surface area contributed by atoms with Crippen molar-refractivity contribution in [2.75, 3.05) is 24.5 Å². The smallest absolute Gasteiger partial charge is 0.410 e. The molecule has 1 saturated heterocycles. The number of carboxylic acids is 1. The number of amides is 1. The number of carbonyl (C=O) groups is 2. The van der Waals surface area contributed by atoms with E-state index in [0.29, 0.717) is 25.2 Å². The summed E-state index contributed by atoms with van der Waals surface area (Å²) in [4.78, 5) is 27.8. The fourth-order valence-corrected chi connectivity index (χ4v) is 3.15. The quantitative estimate of drug-likeness (QED) is 0.900. The van der Waals surface area contributed by atoms with Gasteiger partial charge < -0.3 is 19.6 Å². The number of nitrogens with zero attached hydrogens (tertiary/aromatic N) is 2. The van der Waals surface area contributed by atoms with Crippen LogP contribution in [0.3, 0.4) is 0 Å². The van der Waals surface area contributed by atoms with Gasteiger partial charge in [0.1, 0.15) is 5.60 Å². The van der Waals surface area contributed by atoms with E-state index in [9.17, 15) is 14.7 Å². The van der Waals surface area contributed by atoms with Crippen LogP contribution in [0.4, 0.5) is 10.5 Å². The molecule has 1 atom stereocenters. The Labute approximate surface area is 149 Å². The van der Waals surface area contributed by atoms with Crippen LogP contribution in [0.5, 0.6) is 0 Å². The van der Waals surface area contributed by atoms with E-state index in [4.69, 9.17) is 4.74 Å². The molecule has 138 valence electrons.